The van der Waals surface area contributed by atoms with Gasteiger partial charge in [-0.15, -0.1) is 0 Å². The molecule has 0 aromatic heterocycles. The predicted molar refractivity (Wildman–Crippen MR) is 82.7 cm³/mol. The topological polar surface area (TPSA) is 34.1 Å². The number of hydrogen-bond donors (Lipinski definition) is 0. The van der Waals surface area contributed by atoms with E-state index in [2.05, 4.69) is 0 Å². The van der Waals surface area contributed by atoms with Crippen LogP contribution in [0.4, 0.5) is 0 Å². The maximum absolute atomic E-state index is 12.6. The monoisotopic (exact) mass is 298 g/mol. The summed E-state index contributed by atoms with van der Waals surface area (Å²) in [7, 11) is 0. The SMILES string of the molecule is Cc1ccc(C(=O)[C@@H]2[C@@H](C=O)[C@@H]2c2ccc(Cl)cc2)cc1. The molecule has 0 spiro atoms. The first kappa shape index (κ1) is 14.0. The summed E-state index contributed by atoms with van der Waals surface area (Å²) in [6, 6.07) is 14.9. The van der Waals surface area contributed by atoms with Gasteiger partial charge in [0.1, 0.15) is 6.29 Å². The van der Waals surface area contributed by atoms with Crippen molar-refractivity contribution in [2.45, 2.75) is 12.8 Å². The van der Waals surface area contributed by atoms with Crippen LogP contribution in [0.25, 0.3) is 0 Å². The van der Waals surface area contributed by atoms with Crippen molar-refractivity contribution in [3.05, 3.63) is 70.2 Å². The highest BCUT2D eigenvalue weighted by Gasteiger charge is 2.55. The Labute approximate surface area is 128 Å². The van der Waals surface area contributed by atoms with Crippen LogP contribution in [0.15, 0.2) is 48.5 Å². The van der Waals surface area contributed by atoms with Gasteiger partial charge in [-0.25, -0.2) is 0 Å². The second-order valence-corrected chi connectivity index (χ2v) is 5.98. The van der Waals surface area contributed by atoms with Crippen LogP contribution in [-0.2, 0) is 4.79 Å². The molecule has 0 unspecified atom stereocenters. The number of ketones is 1. The molecular weight excluding hydrogens is 284 g/mol. The molecule has 2 nitrogen and oxygen atoms in total. The van der Waals surface area contributed by atoms with E-state index in [1.165, 1.54) is 0 Å². The molecule has 1 saturated carbocycles. The van der Waals surface area contributed by atoms with E-state index in [0.29, 0.717) is 10.6 Å². The average molecular weight is 299 g/mol. The lowest BCUT2D eigenvalue weighted by Crippen LogP contribution is -2.04. The van der Waals surface area contributed by atoms with Crippen LogP contribution in [0, 0.1) is 18.8 Å². The van der Waals surface area contributed by atoms with Crippen LogP contribution < -0.4 is 0 Å². The van der Waals surface area contributed by atoms with Crippen molar-refractivity contribution < 1.29 is 9.59 Å². The molecule has 1 aliphatic rings. The van der Waals surface area contributed by atoms with Crippen LogP contribution in [0.3, 0.4) is 0 Å². The lowest BCUT2D eigenvalue weighted by atomic mass is 10.0. The molecule has 1 fully saturated rings. The molecule has 3 atom stereocenters. The standard InChI is InChI=1S/C18H15ClO2/c1-11-2-4-13(5-3-11)18(21)17-15(10-20)16(17)12-6-8-14(19)9-7-12/h2-10,15-17H,1H3/t15-,16-,17+/m0/s1. The highest BCUT2D eigenvalue weighted by Crippen LogP contribution is 2.54. The lowest BCUT2D eigenvalue weighted by molar-refractivity contribution is -0.109. The van der Waals surface area contributed by atoms with E-state index >= 15 is 0 Å². The highest BCUT2D eigenvalue weighted by atomic mass is 35.5. The Bertz CT molecular complexity index is 673. The molecule has 21 heavy (non-hydrogen) atoms. The number of halogens is 1. The first-order valence-corrected chi connectivity index (χ1v) is 7.31. The van der Waals surface area contributed by atoms with Crippen molar-refractivity contribution in [2.75, 3.05) is 0 Å². The molecule has 2 aromatic rings. The zero-order valence-corrected chi connectivity index (χ0v) is 12.4. The number of carbonyl (C=O) groups is 2. The third kappa shape index (κ3) is 2.64. The second-order valence-electron chi connectivity index (χ2n) is 5.55. The molecule has 3 heteroatoms. The van der Waals surface area contributed by atoms with E-state index in [1.807, 2.05) is 43.3 Å². The Morgan fingerprint density at radius 2 is 1.67 bits per heavy atom. The minimum absolute atomic E-state index is 0.0198. The van der Waals surface area contributed by atoms with Crippen molar-refractivity contribution in [3.8, 4) is 0 Å². The van der Waals surface area contributed by atoms with Gasteiger partial charge in [0.05, 0.1) is 0 Å². The van der Waals surface area contributed by atoms with E-state index in [4.69, 9.17) is 11.6 Å². The van der Waals surface area contributed by atoms with Crippen LogP contribution in [0.5, 0.6) is 0 Å². The van der Waals surface area contributed by atoms with Crippen LogP contribution in [0.1, 0.15) is 27.4 Å². The first-order chi connectivity index (χ1) is 10.1. The molecule has 0 bridgehead atoms. The number of benzene rings is 2. The third-order valence-electron chi connectivity index (χ3n) is 4.13. The van der Waals surface area contributed by atoms with Gasteiger partial charge in [-0.1, -0.05) is 53.6 Å². The summed E-state index contributed by atoms with van der Waals surface area (Å²) in [5.41, 5.74) is 2.79. The number of hydrogen-bond acceptors (Lipinski definition) is 2. The zero-order valence-electron chi connectivity index (χ0n) is 11.6. The van der Waals surface area contributed by atoms with Crippen LogP contribution in [-0.4, -0.2) is 12.1 Å². The molecule has 0 N–H and O–H groups in total. The Hall–Kier alpha value is -1.93. The molecule has 106 valence electrons. The summed E-state index contributed by atoms with van der Waals surface area (Å²) in [6.07, 6.45) is 0.899. The minimum Gasteiger partial charge on any atom is -0.303 e. The van der Waals surface area contributed by atoms with Crippen molar-refractivity contribution >= 4 is 23.7 Å². The van der Waals surface area contributed by atoms with Gasteiger partial charge in [-0.05, 0) is 24.6 Å². The normalized spacial score (nSPS) is 23.6. The van der Waals surface area contributed by atoms with Crippen molar-refractivity contribution in [1.29, 1.82) is 0 Å². The quantitative estimate of drug-likeness (QED) is 0.630. The van der Waals surface area contributed by atoms with Crippen LogP contribution >= 0.6 is 11.6 Å². The fourth-order valence-electron chi connectivity index (χ4n) is 2.87. The fraction of sp³-hybridized carbons (Fsp3) is 0.222. The predicted octanol–water partition coefficient (Wildman–Crippen LogP) is 4.06. The average Bonchev–Trinajstić information content (AvgIpc) is 3.22. The van der Waals surface area contributed by atoms with Crippen molar-refractivity contribution in [1.82, 2.24) is 0 Å². The second kappa shape index (κ2) is 5.45. The summed E-state index contributed by atoms with van der Waals surface area (Å²) in [6.45, 7) is 1.98. The molecule has 0 saturated heterocycles. The van der Waals surface area contributed by atoms with Gasteiger partial charge >= 0.3 is 0 Å². The molecule has 0 heterocycles. The Morgan fingerprint density at radius 1 is 1.05 bits per heavy atom. The number of carbonyl (C=O) groups excluding carboxylic acids is 2. The highest BCUT2D eigenvalue weighted by molar-refractivity contribution is 6.30. The van der Waals surface area contributed by atoms with Gasteiger partial charge in [0.25, 0.3) is 0 Å². The van der Waals surface area contributed by atoms with Crippen molar-refractivity contribution in [3.63, 3.8) is 0 Å². The lowest BCUT2D eigenvalue weighted by Gasteiger charge is -2.02. The molecule has 0 aliphatic heterocycles. The maximum atomic E-state index is 12.6. The molecule has 2 aromatic carbocycles. The van der Waals surface area contributed by atoms with E-state index in [0.717, 1.165) is 17.4 Å². The summed E-state index contributed by atoms with van der Waals surface area (Å²) >= 11 is 5.88. The summed E-state index contributed by atoms with van der Waals surface area (Å²) < 4.78 is 0. The Balaban J connectivity index is 1.85. The molecule has 3 rings (SSSR count). The van der Waals surface area contributed by atoms with Gasteiger partial charge in [0.2, 0.25) is 0 Å². The third-order valence-corrected chi connectivity index (χ3v) is 4.38. The smallest absolute Gasteiger partial charge is 0.167 e. The van der Waals surface area contributed by atoms with E-state index < -0.39 is 0 Å². The molecule has 0 radical (unpaired) electrons. The minimum atomic E-state index is -0.244. The van der Waals surface area contributed by atoms with E-state index in [9.17, 15) is 9.59 Å². The Kier molecular flexibility index (Phi) is 3.64. The summed E-state index contributed by atoms with van der Waals surface area (Å²) in [4.78, 5) is 23.8. The molecular formula is C18H15ClO2. The van der Waals surface area contributed by atoms with Gasteiger partial charge < -0.3 is 4.79 Å². The van der Waals surface area contributed by atoms with Crippen LogP contribution in [0.2, 0.25) is 5.02 Å². The summed E-state index contributed by atoms with van der Waals surface area (Å²) in [5.74, 6) is -0.438. The molecule has 1 aliphatic carbocycles. The summed E-state index contributed by atoms with van der Waals surface area (Å²) in [5, 5.41) is 0.656. The van der Waals surface area contributed by atoms with Gasteiger partial charge in [0.15, 0.2) is 5.78 Å². The van der Waals surface area contributed by atoms with Gasteiger partial charge in [0, 0.05) is 28.3 Å². The first-order valence-electron chi connectivity index (χ1n) is 6.93. The van der Waals surface area contributed by atoms with Crippen molar-refractivity contribution in [2.24, 2.45) is 11.8 Å². The number of Topliss-reactive ketones (excluding diaryl/α,β-unsaturated/α-hetero) is 1. The number of aldehydes is 1. The van der Waals surface area contributed by atoms with E-state index in [1.54, 1.807) is 12.1 Å². The zero-order chi connectivity index (χ0) is 15.0. The molecule has 0 amide bonds. The fourth-order valence-corrected chi connectivity index (χ4v) is 2.99. The number of aryl methyl sites for hydroxylation is 1. The Morgan fingerprint density at radius 3 is 2.24 bits per heavy atom. The van der Waals surface area contributed by atoms with E-state index in [-0.39, 0.29) is 23.5 Å². The largest absolute Gasteiger partial charge is 0.303 e. The van der Waals surface area contributed by atoms with Gasteiger partial charge in [-0.3, -0.25) is 4.79 Å². The number of rotatable bonds is 4. The van der Waals surface area contributed by atoms with Gasteiger partial charge in [-0.2, -0.15) is 0 Å². The maximum Gasteiger partial charge on any atom is 0.167 e.